The van der Waals surface area contributed by atoms with Crippen LogP contribution in [0, 0.1) is 5.41 Å². The lowest BCUT2D eigenvalue weighted by molar-refractivity contribution is -0.116. The van der Waals surface area contributed by atoms with Crippen LogP contribution in [-0.4, -0.2) is 11.8 Å². The molecule has 0 aliphatic heterocycles. The Morgan fingerprint density at radius 1 is 1.44 bits per heavy atom. The van der Waals surface area contributed by atoms with Gasteiger partial charge in [0.05, 0.1) is 0 Å². The van der Waals surface area contributed by atoms with Crippen molar-refractivity contribution < 1.29 is 4.79 Å². The summed E-state index contributed by atoms with van der Waals surface area (Å²) in [6.45, 7) is 6.49. The van der Waals surface area contributed by atoms with Crippen LogP contribution >= 0.6 is 0 Å². The lowest BCUT2D eigenvalue weighted by Gasteiger charge is -2.23. The Morgan fingerprint density at radius 3 is 2.62 bits per heavy atom. The Bertz CT molecular complexity index is 273. The number of Topliss-reactive ketones (excluding diaryl/α,β-unsaturated/α-hetero) is 1. The van der Waals surface area contributed by atoms with Gasteiger partial charge in [-0.1, -0.05) is 26.8 Å². The van der Waals surface area contributed by atoms with E-state index in [1.165, 1.54) is 6.42 Å². The van der Waals surface area contributed by atoms with Crippen molar-refractivity contribution in [3.63, 3.8) is 0 Å². The van der Waals surface area contributed by atoms with Crippen LogP contribution < -0.4 is 5.73 Å². The van der Waals surface area contributed by atoms with E-state index in [1.807, 2.05) is 0 Å². The number of ketones is 1. The Morgan fingerprint density at radius 2 is 2.12 bits per heavy atom. The molecule has 1 aliphatic carbocycles. The Labute approximate surface area is 99.3 Å². The molecular formula is C14H25NO. The molecule has 2 nitrogen and oxygen atoms in total. The second-order valence-electron chi connectivity index (χ2n) is 6.13. The van der Waals surface area contributed by atoms with Gasteiger partial charge < -0.3 is 5.73 Å². The first kappa shape index (κ1) is 13.4. The average Bonchev–Trinajstić information content (AvgIpc) is 2.16. The van der Waals surface area contributed by atoms with Crippen LogP contribution in [0.3, 0.4) is 0 Å². The van der Waals surface area contributed by atoms with Crippen LogP contribution in [0.1, 0.15) is 59.3 Å². The van der Waals surface area contributed by atoms with Crippen LogP contribution in [0.5, 0.6) is 0 Å². The molecule has 0 spiro atoms. The molecule has 92 valence electrons. The monoisotopic (exact) mass is 223 g/mol. The van der Waals surface area contributed by atoms with Crippen LogP contribution in [-0.2, 0) is 4.79 Å². The summed E-state index contributed by atoms with van der Waals surface area (Å²) < 4.78 is 0. The molecule has 0 aromatic heterocycles. The SMILES string of the molecule is CC(C)(C)CC(N)CC(=O)C1=CCCCC1. The average molecular weight is 223 g/mol. The normalized spacial score (nSPS) is 19.1. The molecule has 1 aliphatic rings. The molecule has 1 unspecified atom stereocenters. The summed E-state index contributed by atoms with van der Waals surface area (Å²) in [5, 5.41) is 0. The number of hydrogen-bond donors (Lipinski definition) is 1. The third kappa shape index (κ3) is 4.93. The summed E-state index contributed by atoms with van der Waals surface area (Å²) in [6, 6.07) is 0.00956. The van der Waals surface area contributed by atoms with Crippen molar-refractivity contribution in [2.45, 2.75) is 65.3 Å². The maximum atomic E-state index is 11.9. The molecule has 0 bridgehead atoms. The topological polar surface area (TPSA) is 43.1 Å². The Kier molecular flexibility index (Phi) is 4.72. The van der Waals surface area contributed by atoms with Crippen molar-refractivity contribution in [1.29, 1.82) is 0 Å². The standard InChI is InChI=1S/C14H25NO/c1-14(2,3)10-12(15)9-13(16)11-7-5-4-6-8-11/h7,12H,4-6,8-10,15H2,1-3H3. The summed E-state index contributed by atoms with van der Waals surface area (Å²) in [4.78, 5) is 11.9. The zero-order valence-electron chi connectivity index (χ0n) is 10.9. The summed E-state index contributed by atoms with van der Waals surface area (Å²) in [5.41, 5.74) is 7.25. The van der Waals surface area contributed by atoms with Crippen molar-refractivity contribution in [1.82, 2.24) is 0 Å². The minimum Gasteiger partial charge on any atom is -0.327 e. The van der Waals surface area contributed by atoms with Gasteiger partial charge >= 0.3 is 0 Å². The molecule has 0 saturated heterocycles. The third-order valence-electron chi connectivity index (χ3n) is 2.97. The highest BCUT2D eigenvalue weighted by molar-refractivity contribution is 5.95. The van der Waals surface area contributed by atoms with Gasteiger partial charge in [-0.25, -0.2) is 0 Å². The second kappa shape index (κ2) is 5.62. The van der Waals surface area contributed by atoms with E-state index in [4.69, 9.17) is 5.73 Å². The molecule has 0 aromatic rings. The first-order valence-corrected chi connectivity index (χ1v) is 6.36. The molecule has 0 aromatic carbocycles. The fraction of sp³-hybridized carbons (Fsp3) is 0.786. The van der Waals surface area contributed by atoms with Crippen molar-refractivity contribution in [2.24, 2.45) is 11.1 Å². The number of carbonyl (C=O) groups excluding carboxylic acids is 1. The smallest absolute Gasteiger partial charge is 0.160 e. The number of allylic oxidation sites excluding steroid dienone is 2. The van der Waals surface area contributed by atoms with Crippen LogP contribution in [0.4, 0.5) is 0 Å². The highest BCUT2D eigenvalue weighted by Gasteiger charge is 2.20. The molecule has 0 radical (unpaired) electrons. The van der Waals surface area contributed by atoms with E-state index < -0.39 is 0 Å². The summed E-state index contributed by atoms with van der Waals surface area (Å²) in [6.07, 6.45) is 7.94. The molecule has 0 heterocycles. The quantitative estimate of drug-likeness (QED) is 0.795. The first-order valence-electron chi connectivity index (χ1n) is 6.36. The molecule has 0 amide bonds. The fourth-order valence-corrected chi connectivity index (χ4v) is 2.32. The molecule has 0 saturated carbocycles. The van der Waals surface area contributed by atoms with E-state index in [0.29, 0.717) is 6.42 Å². The van der Waals surface area contributed by atoms with E-state index in [1.54, 1.807) is 0 Å². The largest absolute Gasteiger partial charge is 0.327 e. The highest BCUT2D eigenvalue weighted by Crippen LogP contribution is 2.24. The number of carbonyl (C=O) groups is 1. The fourth-order valence-electron chi connectivity index (χ4n) is 2.32. The van der Waals surface area contributed by atoms with E-state index in [0.717, 1.165) is 31.3 Å². The number of hydrogen-bond acceptors (Lipinski definition) is 2. The molecule has 16 heavy (non-hydrogen) atoms. The van der Waals surface area contributed by atoms with Gasteiger partial charge in [0.25, 0.3) is 0 Å². The highest BCUT2D eigenvalue weighted by atomic mass is 16.1. The zero-order valence-corrected chi connectivity index (χ0v) is 10.9. The second-order valence-corrected chi connectivity index (χ2v) is 6.13. The van der Waals surface area contributed by atoms with E-state index in [9.17, 15) is 4.79 Å². The van der Waals surface area contributed by atoms with E-state index in [2.05, 4.69) is 26.8 Å². The molecule has 2 heteroatoms. The first-order chi connectivity index (χ1) is 7.38. The van der Waals surface area contributed by atoms with Gasteiger partial charge in [-0.3, -0.25) is 4.79 Å². The number of rotatable bonds is 4. The maximum absolute atomic E-state index is 11.9. The van der Waals surface area contributed by atoms with Gasteiger partial charge in [-0.05, 0) is 43.1 Å². The van der Waals surface area contributed by atoms with Gasteiger partial charge in [0, 0.05) is 12.5 Å². The molecule has 1 atom stereocenters. The molecule has 1 rings (SSSR count). The van der Waals surface area contributed by atoms with Gasteiger partial charge in [0.1, 0.15) is 0 Å². The van der Waals surface area contributed by atoms with Crippen LogP contribution in [0.2, 0.25) is 0 Å². The summed E-state index contributed by atoms with van der Waals surface area (Å²) in [5.74, 6) is 0.274. The molecular weight excluding hydrogens is 198 g/mol. The van der Waals surface area contributed by atoms with Crippen LogP contribution in [0.15, 0.2) is 11.6 Å². The zero-order chi connectivity index (χ0) is 12.2. The predicted octanol–water partition coefficient (Wildman–Crippen LogP) is 3.21. The van der Waals surface area contributed by atoms with Crippen molar-refractivity contribution in [3.05, 3.63) is 11.6 Å². The van der Waals surface area contributed by atoms with Gasteiger partial charge in [0.15, 0.2) is 5.78 Å². The molecule has 0 fully saturated rings. The minimum absolute atomic E-state index is 0.00956. The number of nitrogens with two attached hydrogens (primary N) is 1. The predicted molar refractivity (Wildman–Crippen MR) is 68.2 cm³/mol. The third-order valence-corrected chi connectivity index (χ3v) is 2.97. The Balaban J connectivity index is 2.41. The summed E-state index contributed by atoms with van der Waals surface area (Å²) in [7, 11) is 0. The van der Waals surface area contributed by atoms with E-state index in [-0.39, 0.29) is 17.2 Å². The van der Waals surface area contributed by atoms with Gasteiger partial charge in [0.2, 0.25) is 0 Å². The lowest BCUT2D eigenvalue weighted by Crippen LogP contribution is -2.29. The van der Waals surface area contributed by atoms with Crippen molar-refractivity contribution in [3.8, 4) is 0 Å². The van der Waals surface area contributed by atoms with Gasteiger partial charge in [-0.2, -0.15) is 0 Å². The van der Waals surface area contributed by atoms with Crippen LogP contribution in [0.25, 0.3) is 0 Å². The lowest BCUT2D eigenvalue weighted by atomic mass is 9.85. The van der Waals surface area contributed by atoms with Crippen molar-refractivity contribution in [2.75, 3.05) is 0 Å². The summed E-state index contributed by atoms with van der Waals surface area (Å²) >= 11 is 0. The van der Waals surface area contributed by atoms with E-state index >= 15 is 0 Å². The van der Waals surface area contributed by atoms with Gasteiger partial charge in [-0.15, -0.1) is 0 Å². The minimum atomic E-state index is 0.00956. The van der Waals surface area contributed by atoms with Crippen molar-refractivity contribution >= 4 is 5.78 Å². The molecule has 2 N–H and O–H groups in total. The Hall–Kier alpha value is -0.630. The maximum Gasteiger partial charge on any atom is 0.160 e.